The van der Waals surface area contributed by atoms with E-state index in [0.29, 0.717) is 22.1 Å². The highest BCUT2D eigenvalue weighted by molar-refractivity contribution is 6.22. The van der Waals surface area contributed by atoms with Gasteiger partial charge < -0.3 is 4.84 Å². The lowest BCUT2D eigenvalue weighted by Crippen LogP contribution is -2.37. The van der Waals surface area contributed by atoms with Crippen molar-refractivity contribution in [2.24, 2.45) is 17.3 Å². The first-order valence-electron chi connectivity index (χ1n) is 10.2. The Bertz CT molecular complexity index is 808. The molecule has 0 saturated heterocycles. The lowest BCUT2D eigenvalue weighted by molar-refractivity contribution is -0.175. The van der Waals surface area contributed by atoms with Crippen molar-refractivity contribution in [1.29, 1.82) is 0 Å². The summed E-state index contributed by atoms with van der Waals surface area (Å²) in [6.45, 7) is 14.2. The number of hydroxylamine groups is 2. The van der Waals surface area contributed by atoms with Crippen LogP contribution in [0.15, 0.2) is 0 Å². The fourth-order valence-electron chi connectivity index (χ4n) is 4.59. The van der Waals surface area contributed by atoms with Crippen molar-refractivity contribution >= 4 is 17.8 Å². The molecule has 0 atom stereocenters. The van der Waals surface area contributed by atoms with Gasteiger partial charge in [-0.3, -0.25) is 9.59 Å². The van der Waals surface area contributed by atoms with E-state index >= 15 is 0 Å². The maximum absolute atomic E-state index is 12.9. The fraction of sp³-hybridized carbons (Fsp3) is 0.609. The zero-order valence-corrected chi connectivity index (χ0v) is 18.1. The standard InChI is InChI=1S/C23H31NO4/c1-12-13(2)15(4)19-18(14(12)3)20(25)24(21(19)26)28-22(27)16-8-10-17(11-9-16)23(5,6)7/h16-17H,8-11H2,1-7H3. The van der Waals surface area contributed by atoms with Gasteiger partial charge in [0.05, 0.1) is 17.0 Å². The van der Waals surface area contributed by atoms with Crippen LogP contribution in [0.3, 0.4) is 0 Å². The minimum Gasteiger partial charge on any atom is -0.329 e. The molecule has 1 heterocycles. The molecule has 0 unspecified atom stereocenters. The van der Waals surface area contributed by atoms with Crippen LogP contribution in [0.25, 0.3) is 0 Å². The molecular formula is C23H31NO4. The second-order valence-corrected chi connectivity index (χ2v) is 9.48. The smallest absolute Gasteiger partial charge is 0.329 e. The van der Waals surface area contributed by atoms with Crippen LogP contribution in [0.4, 0.5) is 0 Å². The van der Waals surface area contributed by atoms with E-state index in [0.717, 1.165) is 47.9 Å². The van der Waals surface area contributed by atoms with Crippen molar-refractivity contribution in [3.63, 3.8) is 0 Å². The fourth-order valence-corrected chi connectivity index (χ4v) is 4.59. The number of hydrogen-bond acceptors (Lipinski definition) is 4. The van der Waals surface area contributed by atoms with Gasteiger partial charge in [-0.2, -0.15) is 0 Å². The van der Waals surface area contributed by atoms with Gasteiger partial charge in [0.1, 0.15) is 0 Å². The minimum atomic E-state index is -0.527. The Balaban J connectivity index is 1.77. The number of amides is 2. The average Bonchev–Trinajstić information content (AvgIpc) is 2.88. The predicted octanol–water partition coefficient (Wildman–Crippen LogP) is 4.83. The molecule has 0 bridgehead atoms. The monoisotopic (exact) mass is 385 g/mol. The van der Waals surface area contributed by atoms with Gasteiger partial charge >= 0.3 is 5.97 Å². The summed E-state index contributed by atoms with van der Waals surface area (Å²) in [5.74, 6) is -1.20. The molecule has 3 rings (SSSR count). The van der Waals surface area contributed by atoms with Crippen molar-refractivity contribution in [2.45, 2.75) is 74.1 Å². The predicted molar refractivity (Wildman–Crippen MR) is 107 cm³/mol. The molecule has 28 heavy (non-hydrogen) atoms. The minimum absolute atomic E-state index is 0.224. The molecule has 0 N–H and O–H groups in total. The van der Waals surface area contributed by atoms with Crippen LogP contribution in [-0.2, 0) is 9.63 Å². The summed E-state index contributed by atoms with van der Waals surface area (Å²) >= 11 is 0. The lowest BCUT2D eigenvalue weighted by atomic mass is 9.70. The molecule has 2 aliphatic rings. The van der Waals surface area contributed by atoms with Crippen molar-refractivity contribution in [3.8, 4) is 0 Å². The summed E-state index contributed by atoms with van der Waals surface area (Å²) in [4.78, 5) is 43.8. The molecule has 0 spiro atoms. The van der Waals surface area contributed by atoms with Crippen molar-refractivity contribution in [3.05, 3.63) is 33.4 Å². The lowest BCUT2D eigenvalue weighted by Gasteiger charge is -2.36. The number of nitrogens with zero attached hydrogens (tertiary/aromatic N) is 1. The third-order valence-electron chi connectivity index (χ3n) is 6.95. The van der Waals surface area contributed by atoms with Crippen LogP contribution < -0.4 is 0 Å². The molecule has 5 heteroatoms. The van der Waals surface area contributed by atoms with E-state index in [1.807, 2.05) is 27.7 Å². The van der Waals surface area contributed by atoms with Crippen molar-refractivity contribution in [1.82, 2.24) is 5.06 Å². The molecular weight excluding hydrogens is 354 g/mol. The zero-order valence-electron chi connectivity index (χ0n) is 18.1. The quantitative estimate of drug-likeness (QED) is 0.684. The zero-order chi connectivity index (χ0) is 21.0. The average molecular weight is 386 g/mol. The van der Waals surface area contributed by atoms with Crippen LogP contribution >= 0.6 is 0 Å². The number of benzene rings is 1. The molecule has 152 valence electrons. The second-order valence-electron chi connectivity index (χ2n) is 9.48. The third-order valence-corrected chi connectivity index (χ3v) is 6.95. The van der Waals surface area contributed by atoms with E-state index in [2.05, 4.69) is 20.8 Å². The van der Waals surface area contributed by atoms with Crippen LogP contribution in [0.5, 0.6) is 0 Å². The summed E-state index contributed by atoms with van der Waals surface area (Å²) in [5.41, 5.74) is 4.51. The number of rotatable bonds is 2. The molecule has 2 amide bonds. The van der Waals surface area contributed by atoms with E-state index in [9.17, 15) is 14.4 Å². The van der Waals surface area contributed by atoms with Gasteiger partial charge in [0.25, 0.3) is 11.8 Å². The number of carbonyl (C=O) groups excluding carboxylic acids is 3. The largest absolute Gasteiger partial charge is 0.336 e. The SMILES string of the molecule is Cc1c(C)c(C)c2c(c1C)C(=O)N(OC(=O)C1CCC(C(C)(C)C)CC1)C2=O. The first-order chi connectivity index (χ1) is 12.9. The van der Waals surface area contributed by atoms with Crippen LogP contribution in [-0.4, -0.2) is 22.8 Å². The molecule has 0 radical (unpaired) electrons. The normalized spacial score (nSPS) is 22.5. The van der Waals surface area contributed by atoms with E-state index in [1.54, 1.807) is 0 Å². The van der Waals surface area contributed by atoms with E-state index in [-0.39, 0.29) is 11.3 Å². The summed E-state index contributed by atoms with van der Waals surface area (Å²) < 4.78 is 0. The summed E-state index contributed by atoms with van der Waals surface area (Å²) in [5, 5.41) is 0.682. The van der Waals surface area contributed by atoms with Crippen LogP contribution in [0.2, 0.25) is 0 Å². The van der Waals surface area contributed by atoms with Gasteiger partial charge in [0.15, 0.2) is 0 Å². The number of hydrogen-bond donors (Lipinski definition) is 0. The Morgan fingerprint density at radius 3 is 1.64 bits per heavy atom. The van der Waals surface area contributed by atoms with Crippen molar-refractivity contribution < 1.29 is 19.2 Å². The summed E-state index contributed by atoms with van der Waals surface area (Å²) in [6, 6.07) is 0. The molecule has 1 fully saturated rings. The van der Waals surface area contributed by atoms with Crippen LogP contribution in [0.1, 0.15) is 89.4 Å². The highest BCUT2D eigenvalue weighted by Crippen LogP contribution is 2.40. The van der Waals surface area contributed by atoms with Gasteiger partial charge in [-0.15, -0.1) is 0 Å². The van der Waals surface area contributed by atoms with Gasteiger partial charge in [-0.25, -0.2) is 4.79 Å². The molecule has 0 aromatic heterocycles. The van der Waals surface area contributed by atoms with E-state index < -0.39 is 17.8 Å². The Kier molecular flexibility index (Phi) is 5.15. The summed E-state index contributed by atoms with van der Waals surface area (Å²) in [6.07, 6.45) is 3.39. The van der Waals surface area contributed by atoms with Crippen molar-refractivity contribution in [2.75, 3.05) is 0 Å². The number of fused-ring (bicyclic) bond motifs is 1. The Morgan fingerprint density at radius 1 is 0.821 bits per heavy atom. The Hall–Kier alpha value is -2.17. The Morgan fingerprint density at radius 2 is 1.25 bits per heavy atom. The van der Waals surface area contributed by atoms with Gasteiger partial charge in [-0.05, 0) is 87.0 Å². The van der Waals surface area contributed by atoms with Gasteiger partial charge in [0.2, 0.25) is 0 Å². The maximum atomic E-state index is 12.9. The molecule has 1 aromatic rings. The van der Waals surface area contributed by atoms with E-state index in [1.165, 1.54) is 0 Å². The van der Waals surface area contributed by atoms with Gasteiger partial charge in [-0.1, -0.05) is 25.8 Å². The molecule has 1 saturated carbocycles. The Labute approximate surface area is 167 Å². The first kappa shape index (κ1) is 20.6. The highest BCUT2D eigenvalue weighted by Gasteiger charge is 2.43. The highest BCUT2D eigenvalue weighted by atomic mass is 16.7. The number of carbonyl (C=O) groups is 3. The van der Waals surface area contributed by atoms with Crippen LogP contribution in [0, 0.1) is 44.9 Å². The summed E-state index contributed by atoms with van der Waals surface area (Å²) in [7, 11) is 0. The molecule has 1 aromatic carbocycles. The third kappa shape index (κ3) is 3.25. The number of imide groups is 1. The molecule has 5 nitrogen and oxygen atoms in total. The molecule has 1 aliphatic heterocycles. The second kappa shape index (κ2) is 7.02. The first-order valence-corrected chi connectivity index (χ1v) is 10.2. The van der Waals surface area contributed by atoms with Gasteiger partial charge in [0, 0.05) is 0 Å². The molecule has 1 aliphatic carbocycles. The maximum Gasteiger partial charge on any atom is 0.336 e. The topological polar surface area (TPSA) is 63.7 Å². The van der Waals surface area contributed by atoms with E-state index in [4.69, 9.17) is 4.84 Å².